The molecule has 6 heteroatoms. The van der Waals surface area contributed by atoms with Crippen LogP contribution in [-0.4, -0.2) is 14.7 Å². The van der Waals surface area contributed by atoms with Crippen LogP contribution in [0.2, 0.25) is 0 Å². The predicted molar refractivity (Wildman–Crippen MR) is 57.1 cm³/mol. The molecule has 2 atom stereocenters. The molecule has 2 N–H and O–H groups in total. The van der Waals surface area contributed by atoms with Crippen molar-refractivity contribution < 1.29 is 9.50 Å². The van der Waals surface area contributed by atoms with Gasteiger partial charge in [0.1, 0.15) is 0 Å². The molecule has 1 heterocycles. The van der Waals surface area contributed by atoms with Crippen molar-refractivity contribution in [1.82, 2.24) is 9.55 Å². The average molecular weight is 230 g/mol. The maximum absolute atomic E-state index is 13.1. The van der Waals surface area contributed by atoms with E-state index in [1.165, 1.54) is 0 Å². The van der Waals surface area contributed by atoms with Crippen molar-refractivity contribution in [2.75, 3.05) is 0 Å². The molecule has 0 fully saturated rings. The Labute approximate surface area is 91.6 Å². The van der Waals surface area contributed by atoms with Crippen LogP contribution in [0.25, 0.3) is 0 Å². The van der Waals surface area contributed by atoms with Crippen LogP contribution in [0.3, 0.4) is 0 Å². The van der Waals surface area contributed by atoms with E-state index in [0.717, 1.165) is 11.0 Å². The van der Waals surface area contributed by atoms with E-state index in [1.54, 1.807) is 6.92 Å². The molecule has 0 amide bonds. The fourth-order valence-corrected chi connectivity index (χ4v) is 1.49. The Hall–Kier alpha value is -1.59. The van der Waals surface area contributed by atoms with E-state index in [2.05, 4.69) is 0 Å². The van der Waals surface area contributed by atoms with Crippen molar-refractivity contribution in [3.8, 4) is 5.88 Å². The van der Waals surface area contributed by atoms with Crippen molar-refractivity contribution in [1.29, 1.82) is 0 Å². The molecular formula is C10H15FN2O3. The summed E-state index contributed by atoms with van der Waals surface area (Å²) in [5, 5.41) is 9.44. The van der Waals surface area contributed by atoms with Gasteiger partial charge < -0.3 is 5.11 Å². The van der Waals surface area contributed by atoms with Crippen molar-refractivity contribution in [3.63, 3.8) is 0 Å². The number of H-pyrrole nitrogens is 1. The van der Waals surface area contributed by atoms with E-state index in [9.17, 15) is 19.1 Å². The zero-order valence-electron chi connectivity index (χ0n) is 9.45. The Balaban J connectivity index is 3.40. The lowest BCUT2D eigenvalue weighted by Gasteiger charge is -2.21. The van der Waals surface area contributed by atoms with Gasteiger partial charge in [0.25, 0.3) is 5.56 Å². The highest BCUT2D eigenvalue weighted by molar-refractivity contribution is 5.10. The first-order chi connectivity index (χ1) is 7.40. The molecule has 5 nitrogen and oxygen atoms in total. The van der Waals surface area contributed by atoms with Crippen molar-refractivity contribution >= 4 is 0 Å². The second-order valence-electron chi connectivity index (χ2n) is 3.89. The summed E-state index contributed by atoms with van der Waals surface area (Å²) < 4.78 is 14.0. The molecule has 1 aromatic rings. The van der Waals surface area contributed by atoms with E-state index in [1.807, 2.05) is 18.8 Å². The van der Waals surface area contributed by atoms with E-state index in [-0.39, 0.29) is 12.0 Å². The molecule has 90 valence electrons. The summed E-state index contributed by atoms with van der Waals surface area (Å²) in [4.78, 5) is 24.2. The van der Waals surface area contributed by atoms with E-state index in [0.29, 0.717) is 0 Å². The van der Waals surface area contributed by atoms with Gasteiger partial charge in [-0.05, 0) is 12.8 Å². The molecule has 1 rings (SSSR count). The highest BCUT2D eigenvalue weighted by Crippen LogP contribution is 2.23. The Morgan fingerprint density at radius 3 is 2.50 bits per heavy atom. The third-order valence-electron chi connectivity index (χ3n) is 2.94. The number of nitrogens with zero attached hydrogens (tertiary/aromatic N) is 1. The molecule has 0 aliphatic carbocycles. The molecule has 0 aliphatic heterocycles. The normalized spacial score (nSPS) is 14.8. The van der Waals surface area contributed by atoms with Gasteiger partial charge in [0, 0.05) is 6.04 Å². The monoisotopic (exact) mass is 230 g/mol. The lowest BCUT2D eigenvalue weighted by atomic mass is 10.0. The minimum absolute atomic E-state index is 0.0777. The highest BCUT2D eigenvalue weighted by Gasteiger charge is 2.21. The molecule has 0 saturated carbocycles. The molecule has 0 saturated heterocycles. The summed E-state index contributed by atoms with van der Waals surface area (Å²) >= 11 is 0. The van der Waals surface area contributed by atoms with Crippen LogP contribution in [-0.2, 0) is 0 Å². The summed E-state index contributed by atoms with van der Waals surface area (Å²) in [6.07, 6.45) is 0.772. The fourth-order valence-electron chi connectivity index (χ4n) is 1.49. The summed E-state index contributed by atoms with van der Waals surface area (Å²) in [5.41, 5.74) is -1.99. The summed E-state index contributed by atoms with van der Waals surface area (Å²) in [7, 11) is 0. The van der Waals surface area contributed by atoms with Crippen LogP contribution in [0.4, 0.5) is 4.39 Å². The van der Waals surface area contributed by atoms with Gasteiger partial charge in [-0.15, -0.1) is 0 Å². The Kier molecular flexibility index (Phi) is 3.51. The quantitative estimate of drug-likeness (QED) is 0.813. The number of nitrogens with one attached hydrogen (secondary N) is 1. The van der Waals surface area contributed by atoms with E-state index in [4.69, 9.17) is 0 Å². The zero-order chi connectivity index (χ0) is 12.5. The summed E-state index contributed by atoms with van der Waals surface area (Å²) in [5.74, 6) is -2.15. The Morgan fingerprint density at radius 2 is 2.00 bits per heavy atom. The van der Waals surface area contributed by atoms with E-state index >= 15 is 0 Å². The fraction of sp³-hybridized carbons (Fsp3) is 0.600. The molecule has 2 unspecified atom stereocenters. The van der Waals surface area contributed by atoms with Gasteiger partial charge in [0.2, 0.25) is 11.7 Å². The van der Waals surface area contributed by atoms with Gasteiger partial charge in [0.15, 0.2) is 0 Å². The topological polar surface area (TPSA) is 75.1 Å². The predicted octanol–water partition coefficient (Wildman–Crippen LogP) is 0.988. The van der Waals surface area contributed by atoms with Crippen LogP contribution < -0.4 is 11.2 Å². The van der Waals surface area contributed by atoms with Crippen molar-refractivity contribution in [2.24, 2.45) is 5.92 Å². The first kappa shape index (κ1) is 12.5. The van der Waals surface area contributed by atoms with Gasteiger partial charge in [-0.25, -0.2) is 4.79 Å². The molecular weight excluding hydrogens is 215 g/mol. The Bertz CT molecular complexity index is 492. The molecule has 0 radical (unpaired) electrons. The number of aromatic hydroxyl groups is 1. The minimum Gasteiger partial charge on any atom is -0.492 e. The lowest BCUT2D eigenvalue weighted by molar-refractivity contribution is 0.289. The number of aromatic nitrogens is 2. The maximum atomic E-state index is 13.1. The first-order valence-electron chi connectivity index (χ1n) is 5.13. The smallest absolute Gasteiger partial charge is 0.331 e. The van der Waals surface area contributed by atoms with Crippen molar-refractivity contribution in [2.45, 2.75) is 33.2 Å². The second-order valence-corrected chi connectivity index (χ2v) is 3.89. The molecule has 16 heavy (non-hydrogen) atoms. The first-order valence-corrected chi connectivity index (χ1v) is 5.13. The summed E-state index contributed by atoms with van der Waals surface area (Å²) in [6, 6.07) is -0.385. The number of halogens is 1. The third kappa shape index (κ3) is 2.00. The SMILES string of the molecule is CCC(C)C(C)n1c(O)c(F)c(=O)[nH]c1=O. The Morgan fingerprint density at radius 1 is 1.44 bits per heavy atom. The molecule has 0 bridgehead atoms. The van der Waals surface area contributed by atoms with E-state index < -0.39 is 22.9 Å². The zero-order valence-corrected chi connectivity index (χ0v) is 9.45. The number of rotatable bonds is 3. The summed E-state index contributed by atoms with van der Waals surface area (Å²) in [6.45, 7) is 5.48. The van der Waals surface area contributed by atoms with Gasteiger partial charge in [-0.3, -0.25) is 14.3 Å². The lowest BCUT2D eigenvalue weighted by Crippen LogP contribution is -2.35. The minimum atomic E-state index is -1.32. The van der Waals surface area contributed by atoms with Crippen LogP contribution in [0.15, 0.2) is 9.59 Å². The number of hydrogen-bond acceptors (Lipinski definition) is 3. The van der Waals surface area contributed by atoms with Gasteiger partial charge >= 0.3 is 5.69 Å². The standard InChI is InChI=1S/C10H15FN2O3/c1-4-5(2)6(3)13-9(15)7(11)8(14)12-10(13)16/h5-6,15H,4H2,1-3H3,(H,12,14,16). The maximum Gasteiger partial charge on any atom is 0.331 e. The molecule has 0 aromatic carbocycles. The third-order valence-corrected chi connectivity index (χ3v) is 2.94. The molecule has 0 aliphatic rings. The molecule has 0 spiro atoms. The largest absolute Gasteiger partial charge is 0.492 e. The number of hydrogen-bond donors (Lipinski definition) is 2. The van der Waals surface area contributed by atoms with Gasteiger partial charge in [0.05, 0.1) is 0 Å². The van der Waals surface area contributed by atoms with Crippen LogP contribution in [0.5, 0.6) is 5.88 Å². The van der Waals surface area contributed by atoms with Gasteiger partial charge in [-0.1, -0.05) is 20.3 Å². The highest BCUT2D eigenvalue weighted by atomic mass is 19.1. The molecule has 1 aromatic heterocycles. The van der Waals surface area contributed by atoms with Crippen LogP contribution >= 0.6 is 0 Å². The van der Waals surface area contributed by atoms with Crippen molar-refractivity contribution in [3.05, 3.63) is 26.7 Å². The van der Waals surface area contributed by atoms with Gasteiger partial charge in [-0.2, -0.15) is 4.39 Å². The van der Waals surface area contributed by atoms with Crippen LogP contribution in [0.1, 0.15) is 33.2 Å². The van der Waals surface area contributed by atoms with Crippen LogP contribution in [0, 0.1) is 11.7 Å². The number of aromatic amines is 1. The second kappa shape index (κ2) is 4.51. The average Bonchev–Trinajstić information content (AvgIpc) is 2.24.